The van der Waals surface area contributed by atoms with Crippen molar-refractivity contribution in [3.05, 3.63) is 65.9 Å². The van der Waals surface area contributed by atoms with Gasteiger partial charge >= 0.3 is 0 Å². The summed E-state index contributed by atoms with van der Waals surface area (Å²) in [5.41, 5.74) is 0.718. The van der Waals surface area contributed by atoms with Gasteiger partial charge in [-0.2, -0.15) is 5.10 Å². The standard InChI is InChI=1S/C20H21FN4O3/c21-15-4-2-14(3-5-15)11-20(13-26)12-24(9-6-17(20)27)19(28)16-10-18-22-7-1-8-25(18)23-16/h1-5,7-8,10,17,26-27H,6,9,11-13H2/t17-,20-/m0/s1. The van der Waals surface area contributed by atoms with Crippen LogP contribution in [0.25, 0.3) is 5.65 Å². The molecule has 8 heteroatoms. The molecule has 2 aromatic heterocycles. The van der Waals surface area contributed by atoms with Gasteiger partial charge in [0.25, 0.3) is 5.91 Å². The molecule has 1 aliphatic heterocycles. The Morgan fingerprint density at radius 1 is 1.32 bits per heavy atom. The SMILES string of the molecule is O=C(c1cc2ncccn2n1)N1CC[C@H](O)[C@@](CO)(Cc2ccc(F)cc2)C1. The van der Waals surface area contributed by atoms with Crippen LogP contribution in [0, 0.1) is 11.2 Å². The number of hydrogen-bond acceptors (Lipinski definition) is 5. The first-order valence-corrected chi connectivity index (χ1v) is 9.14. The van der Waals surface area contributed by atoms with Gasteiger partial charge in [-0.25, -0.2) is 13.9 Å². The van der Waals surface area contributed by atoms with Crippen LogP contribution in [0.5, 0.6) is 0 Å². The van der Waals surface area contributed by atoms with Crippen molar-refractivity contribution in [1.82, 2.24) is 19.5 Å². The molecule has 0 radical (unpaired) electrons. The van der Waals surface area contributed by atoms with Crippen LogP contribution in [0.15, 0.2) is 48.8 Å². The predicted molar refractivity (Wildman–Crippen MR) is 99.1 cm³/mol. The lowest BCUT2D eigenvalue weighted by molar-refractivity contribution is -0.0669. The van der Waals surface area contributed by atoms with E-state index in [9.17, 15) is 19.4 Å². The van der Waals surface area contributed by atoms with E-state index in [4.69, 9.17) is 0 Å². The van der Waals surface area contributed by atoms with Crippen molar-refractivity contribution in [2.45, 2.75) is 18.9 Å². The number of aliphatic hydroxyl groups excluding tert-OH is 2. The number of carbonyl (C=O) groups is 1. The number of hydrogen-bond donors (Lipinski definition) is 2. The average molecular weight is 384 g/mol. The average Bonchev–Trinajstić information content (AvgIpc) is 3.15. The molecule has 0 saturated carbocycles. The lowest BCUT2D eigenvalue weighted by Crippen LogP contribution is -2.56. The van der Waals surface area contributed by atoms with Crippen molar-refractivity contribution in [1.29, 1.82) is 0 Å². The Morgan fingerprint density at radius 3 is 2.82 bits per heavy atom. The predicted octanol–water partition coefficient (Wildman–Crippen LogP) is 1.30. The number of aliphatic hydroxyl groups is 2. The van der Waals surface area contributed by atoms with Gasteiger partial charge in [-0.1, -0.05) is 12.1 Å². The van der Waals surface area contributed by atoms with Crippen LogP contribution < -0.4 is 0 Å². The largest absolute Gasteiger partial charge is 0.396 e. The van der Waals surface area contributed by atoms with Gasteiger partial charge < -0.3 is 15.1 Å². The van der Waals surface area contributed by atoms with Gasteiger partial charge in [0, 0.05) is 37.0 Å². The summed E-state index contributed by atoms with van der Waals surface area (Å²) in [4.78, 5) is 18.8. The number of carbonyl (C=O) groups excluding carboxylic acids is 1. The molecule has 3 aromatic rings. The van der Waals surface area contributed by atoms with Crippen molar-refractivity contribution in [2.24, 2.45) is 5.41 Å². The maximum atomic E-state index is 13.2. The van der Waals surface area contributed by atoms with Gasteiger partial charge in [0.2, 0.25) is 0 Å². The highest BCUT2D eigenvalue weighted by molar-refractivity contribution is 5.93. The molecule has 1 saturated heterocycles. The minimum atomic E-state index is -0.914. The second kappa shape index (κ2) is 7.29. The second-order valence-electron chi connectivity index (χ2n) is 7.31. The Balaban J connectivity index is 1.58. The Morgan fingerprint density at radius 2 is 2.11 bits per heavy atom. The molecule has 1 aromatic carbocycles. The topological polar surface area (TPSA) is 91.0 Å². The van der Waals surface area contributed by atoms with Gasteiger partial charge in [0.05, 0.1) is 12.7 Å². The first-order chi connectivity index (χ1) is 13.5. The van der Waals surface area contributed by atoms with Gasteiger partial charge in [0.15, 0.2) is 11.3 Å². The van der Waals surface area contributed by atoms with E-state index >= 15 is 0 Å². The fourth-order valence-corrected chi connectivity index (χ4v) is 3.81. The lowest BCUT2D eigenvalue weighted by atomic mass is 9.73. The molecule has 1 amide bonds. The molecule has 146 valence electrons. The number of nitrogens with zero attached hydrogens (tertiary/aromatic N) is 4. The fourth-order valence-electron chi connectivity index (χ4n) is 3.81. The zero-order chi connectivity index (χ0) is 19.7. The van der Waals surface area contributed by atoms with E-state index in [1.54, 1.807) is 41.6 Å². The highest BCUT2D eigenvalue weighted by atomic mass is 19.1. The minimum absolute atomic E-state index is 0.183. The number of aromatic nitrogens is 3. The number of fused-ring (bicyclic) bond motifs is 1. The van der Waals surface area contributed by atoms with Crippen molar-refractivity contribution >= 4 is 11.6 Å². The molecule has 28 heavy (non-hydrogen) atoms. The maximum Gasteiger partial charge on any atom is 0.274 e. The normalized spacial score (nSPS) is 22.5. The molecule has 1 fully saturated rings. The Hall–Kier alpha value is -2.84. The van der Waals surface area contributed by atoms with Crippen molar-refractivity contribution in [3.63, 3.8) is 0 Å². The van der Waals surface area contributed by atoms with Crippen LogP contribution in [0.2, 0.25) is 0 Å². The van der Waals surface area contributed by atoms with Gasteiger partial charge in [-0.15, -0.1) is 0 Å². The summed E-state index contributed by atoms with van der Waals surface area (Å²) in [6.45, 7) is 0.261. The number of halogens is 1. The molecule has 7 nitrogen and oxygen atoms in total. The van der Waals surface area contributed by atoms with Gasteiger partial charge in [0.1, 0.15) is 5.82 Å². The summed E-state index contributed by atoms with van der Waals surface area (Å²) in [6, 6.07) is 9.31. The molecule has 2 atom stereocenters. The summed E-state index contributed by atoms with van der Waals surface area (Å²) >= 11 is 0. The van der Waals surface area contributed by atoms with Crippen LogP contribution in [-0.2, 0) is 6.42 Å². The number of piperidine rings is 1. The van der Waals surface area contributed by atoms with E-state index in [1.807, 2.05) is 0 Å². The molecule has 0 unspecified atom stereocenters. The summed E-state index contributed by atoms with van der Waals surface area (Å²) < 4.78 is 14.7. The molecule has 0 spiro atoms. The van der Waals surface area contributed by atoms with Crippen LogP contribution in [-0.4, -0.2) is 61.4 Å². The highest BCUT2D eigenvalue weighted by Gasteiger charge is 2.44. The van der Waals surface area contributed by atoms with E-state index in [2.05, 4.69) is 10.1 Å². The molecule has 3 heterocycles. The first-order valence-electron chi connectivity index (χ1n) is 9.14. The number of amides is 1. The molecule has 2 N–H and O–H groups in total. The second-order valence-corrected chi connectivity index (χ2v) is 7.31. The number of benzene rings is 1. The monoisotopic (exact) mass is 384 g/mol. The summed E-state index contributed by atoms with van der Waals surface area (Å²) in [7, 11) is 0. The third-order valence-electron chi connectivity index (χ3n) is 5.41. The summed E-state index contributed by atoms with van der Waals surface area (Å²) in [5, 5.41) is 25.0. The zero-order valence-electron chi connectivity index (χ0n) is 15.2. The maximum absolute atomic E-state index is 13.2. The highest BCUT2D eigenvalue weighted by Crippen LogP contribution is 2.34. The van der Waals surface area contributed by atoms with E-state index in [0.717, 1.165) is 5.56 Å². The molecule has 1 aliphatic rings. The van der Waals surface area contributed by atoms with Crippen LogP contribution >= 0.6 is 0 Å². The fraction of sp³-hybridized carbons (Fsp3) is 0.350. The zero-order valence-corrected chi connectivity index (χ0v) is 15.2. The Labute approximate surface area is 161 Å². The van der Waals surface area contributed by atoms with Gasteiger partial charge in [-0.3, -0.25) is 4.79 Å². The summed E-state index contributed by atoms with van der Waals surface area (Å²) in [6.07, 6.45) is 3.25. The van der Waals surface area contributed by atoms with E-state index in [-0.39, 0.29) is 30.6 Å². The van der Waals surface area contributed by atoms with Crippen molar-refractivity contribution in [2.75, 3.05) is 19.7 Å². The summed E-state index contributed by atoms with van der Waals surface area (Å²) in [5.74, 6) is -0.613. The molecule has 0 bridgehead atoms. The lowest BCUT2D eigenvalue weighted by Gasteiger charge is -2.45. The molecule has 0 aliphatic carbocycles. The van der Waals surface area contributed by atoms with E-state index in [0.29, 0.717) is 25.0 Å². The number of rotatable bonds is 4. The molecule has 4 rings (SSSR count). The third kappa shape index (κ3) is 3.36. The van der Waals surface area contributed by atoms with E-state index in [1.165, 1.54) is 16.6 Å². The molecular weight excluding hydrogens is 363 g/mol. The Kier molecular flexibility index (Phi) is 4.82. The minimum Gasteiger partial charge on any atom is -0.396 e. The first kappa shape index (κ1) is 18.5. The smallest absolute Gasteiger partial charge is 0.274 e. The number of likely N-dealkylation sites (tertiary alicyclic amines) is 1. The van der Waals surface area contributed by atoms with Gasteiger partial charge in [-0.05, 0) is 36.6 Å². The Bertz CT molecular complexity index is 958. The van der Waals surface area contributed by atoms with Crippen molar-refractivity contribution in [3.8, 4) is 0 Å². The van der Waals surface area contributed by atoms with E-state index < -0.39 is 11.5 Å². The van der Waals surface area contributed by atoms with Crippen LogP contribution in [0.1, 0.15) is 22.5 Å². The third-order valence-corrected chi connectivity index (χ3v) is 5.41. The van der Waals surface area contributed by atoms with Crippen LogP contribution in [0.4, 0.5) is 4.39 Å². The quantitative estimate of drug-likeness (QED) is 0.708. The molecular formula is C20H21FN4O3. The van der Waals surface area contributed by atoms with Crippen LogP contribution in [0.3, 0.4) is 0 Å². The van der Waals surface area contributed by atoms with Crippen molar-refractivity contribution < 1.29 is 19.4 Å².